The van der Waals surface area contributed by atoms with Gasteiger partial charge >= 0.3 is 0 Å². The molecule has 1 saturated heterocycles. The third-order valence-electron chi connectivity index (χ3n) is 3.52. The number of thiophene rings is 1. The second-order valence-corrected chi connectivity index (χ2v) is 6.23. The zero-order chi connectivity index (χ0) is 16.2. The van der Waals surface area contributed by atoms with Crippen LogP contribution in [0.4, 0.5) is 11.4 Å². The fraction of sp³-hybridized carbons (Fsp3) is 0.250. The number of amidine groups is 1. The number of hydrogen-bond acceptors (Lipinski definition) is 5. The standard InChI is InChI=1S/C16H18N4O2S/c17-15(21)10-13-7-8-20(22-13)12-5-3-11(4-6-12)19-16(18)14-2-1-9-23-14/h1-6,9,13H,7-8,10H2,(H2,17,21)(H2,18,19). The van der Waals surface area contributed by atoms with Crippen LogP contribution in [0.1, 0.15) is 17.7 Å². The average Bonchev–Trinajstić information content (AvgIpc) is 3.19. The third-order valence-corrected chi connectivity index (χ3v) is 4.41. The molecule has 1 unspecified atom stereocenters. The van der Waals surface area contributed by atoms with Crippen molar-refractivity contribution in [3.8, 4) is 0 Å². The molecule has 1 aliphatic rings. The summed E-state index contributed by atoms with van der Waals surface area (Å²) in [6.45, 7) is 0.734. The molecule has 1 aliphatic heterocycles. The van der Waals surface area contributed by atoms with Crippen LogP contribution in [0.25, 0.3) is 0 Å². The predicted molar refractivity (Wildman–Crippen MR) is 91.8 cm³/mol. The number of benzene rings is 1. The van der Waals surface area contributed by atoms with Gasteiger partial charge in [-0.15, -0.1) is 11.3 Å². The van der Waals surface area contributed by atoms with Crippen molar-refractivity contribution in [1.29, 1.82) is 0 Å². The molecule has 0 spiro atoms. The normalized spacial score (nSPS) is 18.3. The Morgan fingerprint density at radius 2 is 2.09 bits per heavy atom. The Morgan fingerprint density at radius 3 is 2.74 bits per heavy atom. The molecule has 1 atom stereocenters. The minimum absolute atomic E-state index is 0.139. The molecular formula is C16H18N4O2S. The molecule has 23 heavy (non-hydrogen) atoms. The molecule has 1 aromatic carbocycles. The Bertz CT molecular complexity index is 697. The lowest BCUT2D eigenvalue weighted by molar-refractivity contribution is -0.120. The van der Waals surface area contributed by atoms with Gasteiger partial charge in [-0.3, -0.25) is 14.7 Å². The van der Waals surface area contributed by atoms with Gasteiger partial charge in [-0.05, 0) is 42.1 Å². The summed E-state index contributed by atoms with van der Waals surface area (Å²) in [5.74, 6) is 0.164. The van der Waals surface area contributed by atoms with Gasteiger partial charge in [-0.2, -0.15) is 0 Å². The summed E-state index contributed by atoms with van der Waals surface area (Å²) in [6.07, 6.45) is 0.893. The van der Waals surface area contributed by atoms with Gasteiger partial charge in [0.15, 0.2) is 0 Å². The molecule has 2 heterocycles. The van der Waals surface area contributed by atoms with Crippen molar-refractivity contribution >= 4 is 34.5 Å². The molecule has 2 aromatic rings. The number of primary amides is 1. The van der Waals surface area contributed by atoms with Gasteiger partial charge in [0.2, 0.25) is 5.91 Å². The first kappa shape index (κ1) is 15.5. The number of nitrogens with zero attached hydrogens (tertiary/aromatic N) is 2. The van der Waals surface area contributed by atoms with Crippen LogP contribution < -0.4 is 16.5 Å². The Morgan fingerprint density at radius 1 is 1.30 bits per heavy atom. The van der Waals surface area contributed by atoms with Crippen molar-refractivity contribution in [3.63, 3.8) is 0 Å². The summed E-state index contributed by atoms with van der Waals surface area (Å²) in [5.41, 5.74) is 12.9. The summed E-state index contributed by atoms with van der Waals surface area (Å²) in [5, 5.41) is 3.75. The summed E-state index contributed by atoms with van der Waals surface area (Å²) in [7, 11) is 0. The fourth-order valence-electron chi connectivity index (χ4n) is 2.41. The van der Waals surface area contributed by atoms with E-state index < -0.39 is 0 Å². The number of aliphatic imine (C=N–C) groups is 1. The van der Waals surface area contributed by atoms with Gasteiger partial charge in [0.05, 0.1) is 28.8 Å². The van der Waals surface area contributed by atoms with Crippen molar-refractivity contribution < 1.29 is 9.63 Å². The number of carbonyl (C=O) groups excluding carboxylic acids is 1. The number of hydrogen-bond donors (Lipinski definition) is 2. The highest BCUT2D eigenvalue weighted by atomic mass is 32.1. The molecule has 120 valence electrons. The number of rotatable bonds is 5. The van der Waals surface area contributed by atoms with Gasteiger partial charge in [-0.1, -0.05) is 6.07 Å². The molecular weight excluding hydrogens is 312 g/mol. The maximum Gasteiger partial charge on any atom is 0.220 e. The number of hydroxylamine groups is 1. The first-order valence-electron chi connectivity index (χ1n) is 7.32. The van der Waals surface area contributed by atoms with E-state index in [2.05, 4.69) is 4.99 Å². The van der Waals surface area contributed by atoms with E-state index in [9.17, 15) is 4.79 Å². The molecule has 0 bridgehead atoms. The summed E-state index contributed by atoms with van der Waals surface area (Å²) in [4.78, 5) is 22.0. The van der Waals surface area contributed by atoms with E-state index in [0.717, 1.165) is 29.2 Å². The van der Waals surface area contributed by atoms with E-state index in [1.165, 1.54) is 0 Å². The molecule has 6 nitrogen and oxygen atoms in total. The molecule has 1 amide bonds. The van der Waals surface area contributed by atoms with Crippen LogP contribution in [0, 0.1) is 0 Å². The van der Waals surface area contributed by atoms with Crippen molar-refractivity contribution in [2.75, 3.05) is 11.6 Å². The number of anilines is 1. The SMILES string of the molecule is NC(=O)CC1CCN(c2ccc(N=C(N)c3cccs3)cc2)O1. The Labute approximate surface area is 138 Å². The number of carbonyl (C=O) groups is 1. The topological polar surface area (TPSA) is 93.9 Å². The number of amides is 1. The van der Waals surface area contributed by atoms with E-state index in [-0.39, 0.29) is 18.4 Å². The molecule has 3 rings (SSSR count). The van der Waals surface area contributed by atoms with Crippen molar-refractivity contribution in [1.82, 2.24) is 0 Å². The summed E-state index contributed by atoms with van der Waals surface area (Å²) in [6, 6.07) is 11.5. The minimum Gasteiger partial charge on any atom is -0.383 e. The van der Waals surface area contributed by atoms with Gasteiger partial charge < -0.3 is 11.5 Å². The molecule has 7 heteroatoms. The zero-order valence-electron chi connectivity index (χ0n) is 12.5. The Kier molecular flexibility index (Phi) is 4.59. The first-order chi connectivity index (χ1) is 11.1. The smallest absolute Gasteiger partial charge is 0.220 e. The van der Waals surface area contributed by atoms with Gasteiger partial charge in [0.1, 0.15) is 5.84 Å². The van der Waals surface area contributed by atoms with Gasteiger partial charge in [0.25, 0.3) is 0 Å². The van der Waals surface area contributed by atoms with Crippen LogP contribution >= 0.6 is 11.3 Å². The quantitative estimate of drug-likeness (QED) is 0.649. The van der Waals surface area contributed by atoms with E-state index in [1.54, 1.807) is 16.4 Å². The summed E-state index contributed by atoms with van der Waals surface area (Å²) < 4.78 is 0. The first-order valence-corrected chi connectivity index (χ1v) is 8.20. The lowest BCUT2D eigenvalue weighted by atomic mass is 10.2. The molecule has 0 radical (unpaired) electrons. The zero-order valence-corrected chi connectivity index (χ0v) is 13.3. The maximum absolute atomic E-state index is 10.9. The highest BCUT2D eigenvalue weighted by Crippen LogP contribution is 2.26. The van der Waals surface area contributed by atoms with E-state index in [1.807, 2.05) is 41.8 Å². The monoisotopic (exact) mass is 330 g/mol. The van der Waals surface area contributed by atoms with Crippen LogP contribution in [0.2, 0.25) is 0 Å². The van der Waals surface area contributed by atoms with Crippen molar-refractivity contribution in [2.45, 2.75) is 18.9 Å². The van der Waals surface area contributed by atoms with Crippen LogP contribution in [0.3, 0.4) is 0 Å². The Hall–Kier alpha value is -2.38. The average molecular weight is 330 g/mol. The Balaban J connectivity index is 1.66. The third kappa shape index (κ3) is 3.88. The lowest BCUT2D eigenvalue weighted by Gasteiger charge is -2.18. The highest BCUT2D eigenvalue weighted by Gasteiger charge is 2.25. The van der Waals surface area contributed by atoms with E-state index in [4.69, 9.17) is 16.3 Å². The van der Waals surface area contributed by atoms with Crippen LogP contribution in [0.5, 0.6) is 0 Å². The van der Waals surface area contributed by atoms with Crippen molar-refractivity contribution in [2.24, 2.45) is 16.5 Å². The molecule has 1 aromatic heterocycles. The van der Waals surface area contributed by atoms with Crippen LogP contribution in [0.15, 0.2) is 46.8 Å². The fourth-order valence-corrected chi connectivity index (χ4v) is 3.04. The van der Waals surface area contributed by atoms with Crippen molar-refractivity contribution in [3.05, 3.63) is 46.7 Å². The largest absolute Gasteiger partial charge is 0.383 e. The molecule has 1 fully saturated rings. The van der Waals surface area contributed by atoms with Crippen LogP contribution in [-0.2, 0) is 9.63 Å². The second-order valence-electron chi connectivity index (χ2n) is 5.28. The second kappa shape index (κ2) is 6.80. The predicted octanol–water partition coefficient (Wildman–Crippen LogP) is 2.17. The number of nitrogens with two attached hydrogens (primary N) is 2. The molecule has 0 aliphatic carbocycles. The minimum atomic E-state index is -0.342. The van der Waals surface area contributed by atoms with Gasteiger partial charge in [0, 0.05) is 6.54 Å². The molecule has 4 N–H and O–H groups in total. The molecule has 0 saturated carbocycles. The lowest BCUT2D eigenvalue weighted by Crippen LogP contribution is -2.22. The highest BCUT2D eigenvalue weighted by molar-refractivity contribution is 7.12. The van der Waals surface area contributed by atoms with E-state index in [0.29, 0.717) is 5.84 Å². The van der Waals surface area contributed by atoms with Crippen LogP contribution in [-0.4, -0.2) is 24.4 Å². The maximum atomic E-state index is 10.9. The van der Waals surface area contributed by atoms with Gasteiger partial charge in [-0.25, -0.2) is 4.99 Å². The summed E-state index contributed by atoms with van der Waals surface area (Å²) >= 11 is 1.56. The van der Waals surface area contributed by atoms with E-state index >= 15 is 0 Å².